The van der Waals surface area contributed by atoms with Crippen LogP contribution in [-0.2, 0) is 0 Å². The summed E-state index contributed by atoms with van der Waals surface area (Å²) in [4.78, 5) is 0. The second kappa shape index (κ2) is 5.50. The molecule has 0 saturated heterocycles. The molecule has 6 unspecified atom stereocenters. The summed E-state index contributed by atoms with van der Waals surface area (Å²) in [7, 11) is 0. The quantitative estimate of drug-likeness (QED) is 0.480. The van der Waals surface area contributed by atoms with Gasteiger partial charge in [0, 0.05) is 6.84 Å². The Morgan fingerprint density at radius 3 is 2.83 bits per heavy atom. The summed E-state index contributed by atoms with van der Waals surface area (Å²) in [6.45, 7) is 10.2. The molecule has 0 heteroatoms. The van der Waals surface area contributed by atoms with Gasteiger partial charge in [-0.3, -0.25) is 0 Å². The molecule has 0 aromatic rings. The fourth-order valence-corrected chi connectivity index (χ4v) is 7.53. The van der Waals surface area contributed by atoms with E-state index in [0.717, 1.165) is 29.6 Å². The minimum Gasteiger partial charge on any atom is -0.0873 e. The van der Waals surface area contributed by atoms with Crippen molar-refractivity contribution in [2.24, 2.45) is 40.4 Å². The van der Waals surface area contributed by atoms with E-state index in [1.54, 1.807) is 5.57 Å². The fourth-order valence-electron chi connectivity index (χ4n) is 7.53. The third kappa shape index (κ3) is 2.16. The summed E-state index contributed by atoms with van der Waals surface area (Å²) < 4.78 is 0. The molecule has 0 bridgehead atoms. The van der Waals surface area contributed by atoms with Crippen molar-refractivity contribution in [1.29, 1.82) is 0 Å². The van der Waals surface area contributed by atoms with E-state index in [2.05, 4.69) is 45.9 Å². The first-order chi connectivity index (χ1) is 11.0. The second-order valence-corrected chi connectivity index (χ2v) is 9.68. The van der Waals surface area contributed by atoms with Crippen molar-refractivity contribution in [2.75, 3.05) is 0 Å². The van der Waals surface area contributed by atoms with E-state index >= 15 is 0 Å². The van der Waals surface area contributed by atoms with E-state index < -0.39 is 0 Å². The van der Waals surface area contributed by atoms with Crippen molar-refractivity contribution >= 4 is 0 Å². The van der Waals surface area contributed by atoms with Crippen molar-refractivity contribution in [2.45, 2.75) is 79.1 Å². The Morgan fingerprint density at radius 1 is 1.22 bits per heavy atom. The number of hydrogen-bond donors (Lipinski definition) is 0. The molecule has 130 valence electrons. The van der Waals surface area contributed by atoms with Crippen molar-refractivity contribution < 1.29 is 1.43 Å². The molecule has 4 aliphatic rings. The third-order valence-electron chi connectivity index (χ3n) is 8.98. The molecular formula is C23H38. The van der Waals surface area contributed by atoms with Crippen LogP contribution in [0.1, 0.15) is 80.5 Å². The second-order valence-electron chi connectivity index (χ2n) is 9.68. The lowest BCUT2D eigenvalue weighted by molar-refractivity contribution is -0.0333. The lowest BCUT2D eigenvalue weighted by Gasteiger charge is -2.57. The molecule has 0 amide bonds. The normalized spacial score (nSPS) is 49.8. The maximum absolute atomic E-state index is 2.68. The SMILES string of the molecule is CC[C@@H](C)C1CCC2C3CC=C4CCC=CC4(C)C3CCC21C.[HH]. The van der Waals surface area contributed by atoms with Gasteiger partial charge in [-0.2, -0.15) is 0 Å². The highest BCUT2D eigenvalue weighted by atomic mass is 14.6. The van der Waals surface area contributed by atoms with Crippen LogP contribution in [0.15, 0.2) is 23.8 Å². The van der Waals surface area contributed by atoms with Crippen LogP contribution in [0.25, 0.3) is 0 Å². The van der Waals surface area contributed by atoms with Gasteiger partial charge in [-0.15, -0.1) is 0 Å². The van der Waals surface area contributed by atoms with E-state index in [4.69, 9.17) is 0 Å². The van der Waals surface area contributed by atoms with Gasteiger partial charge in [0.2, 0.25) is 0 Å². The zero-order valence-corrected chi connectivity index (χ0v) is 15.8. The minimum atomic E-state index is 0. The molecule has 0 aliphatic heterocycles. The minimum absolute atomic E-state index is 0. The Morgan fingerprint density at radius 2 is 2.04 bits per heavy atom. The van der Waals surface area contributed by atoms with Gasteiger partial charge in [0.15, 0.2) is 0 Å². The summed E-state index contributed by atoms with van der Waals surface area (Å²) in [5, 5.41) is 0. The van der Waals surface area contributed by atoms with E-state index in [-0.39, 0.29) is 1.43 Å². The van der Waals surface area contributed by atoms with E-state index in [9.17, 15) is 0 Å². The highest BCUT2D eigenvalue weighted by Crippen LogP contribution is 2.66. The van der Waals surface area contributed by atoms with Crippen LogP contribution in [0.4, 0.5) is 0 Å². The fraction of sp³-hybridized carbons (Fsp3) is 0.826. The Kier molecular flexibility index (Phi) is 3.82. The standard InChI is InChI=1S/C23H36.H2/c1-5-16(2)19-11-12-20-18-10-9-17-8-6-7-14-22(17,3)21(18)13-15-23(19,20)4;/h7,9,14,16,18-21H,5-6,8,10-13,15H2,1-4H3;1H/t16-,18?,19?,20?,21?,22?,23?;/m1./s1. The van der Waals surface area contributed by atoms with Gasteiger partial charge in [-0.1, -0.05) is 57.9 Å². The summed E-state index contributed by atoms with van der Waals surface area (Å²) in [5.74, 6) is 4.78. The highest BCUT2D eigenvalue weighted by molar-refractivity contribution is 5.31. The molecule has 0 N–H and O–H groups in total. The summed E-state index contributed by atoms with van der Waals surface area (Å²) in [6, 6.07) is 0. The molecule has 0 spiro atoms. The number of fused-ring (bicyclic) bond motifs is 5. The molecule has 0 nitrogen and oxygen atoms in total. The van der Waals surface area contributed by atoms with E-state index in [0.29, 0.717) is 10.8 Å². The lowest BCUT2D eigenvalue weighted by atomic mass is 9.48. The Balaban J connectivity index is 0.00000169. The van der Waals surface area contributed by atoms with Crippen molar-refractivity contribution in [3.05, 3.63) is 23.8 Å². The average molecular weight is 315 g/mol. The van der Waals surface area contributed by atoms with Crippen LogP contribution in [0, 0.1) is 40.4 Å². The molecule has 0 aromatic heterocycles. The van der Waals surface area contributed by atoms with E-state index in [1.165, 1.54) is 51.4 Å². The molecule has 0 heterocycles. The Hall–Kier alpha value is -0.520. The number of hydrogen-bond acceptors (Lipinski definition) is 0. The van der Waals surface area contributed by atoms with Gasteiger partial charge in [-0.05, 0) is 80.0 Å². The van der Waals surface area contributed by atoms with Crippen molar-refractivity contribution in [3.63, 3.8) is 0 Å². The average Bonchev–Trinajstić information content (AvgIpc) is 2.91. The molecule has 0 radical (unpaired) electrons. The van der Waals surface area contributed by atoms with Gasteiger partial charge < -0.3 is 0 Å². The first kappa shape index (κ1) is 16.0. The zero-order valence-electron chi connectivity index (χ0n) is 15.8. The van der Waals surface area contributed by atoms with E-state index in [1.807, 2.05) is 0 Å². The van der Waals surface area contributed by atoms with Crippen LogP contribution in [0.5, 0.6) is 0 Å². The predicted octanol–water partition coefficient (Wildman–Crippen LogP) is 7.02. The zero-order chi connectivity index (χ0) is 16.2. The monoisotopic (exact) mass is 314 g/mol. The molecular weight excluding hydrogens is 276 g/mol. The molecule has 0 aromatic carbocycles. The number of allylic oxidation sites excluding steroid dienone is 4. The largest absolute Gasteiger partial charge is 0.0873 e. The summed E-state index contributed by atoms with van der Waals surface area (Å²) >= 11 is 0. The molecule has 7 atom stereocenters. The predicted molar refractivity (Wildman–Crippen MR) is 101 cm³/mol. The van der Waals surface area contributed by atoms with Crippen LogP contribution >= 0.6 is 0 Å². The van der Waals surface area contributed by atoms with Crippen molar-refractivity contribution in [1.82, 2.24) is 0 Å². The first-order valence-electron chi connectivity index (χ1n) is 10.4. The van der Waals surface area contributed by atoms with Crippen LogP contribution in [0.2, 0.25) is 0 Å². The van der Waals surface area contributed by atoms with Crippen LogP contribution in [-0.4, -0.2) is 0 Å². The molecule has 2 fully saturated rings. The molecule has 4 aliphatic carbocycles. The highest BCUT2D eigenvalue weighted by Gasteiger charge is 2.58. The third-order valence-corrected chi connectivity index (χ3v) is 8.98. The van der Waals surface area contributed by atoms with Gasteiger partial charge in [0.25, 0.3) is 0 Å². The first-order valence-corrected chi connectivity index (χ1v) is 10.4. The maximum atomic E-state index is 2.68. The Bertz CT molecular complexity index is 532. The summed E-state index contributed by atoms with van der Waals surface area (Å²) in [6.07, 6.45) is 19.1. The Labute approximate surface area is 145 Å². The number of rotatable bonds is 2. The maximum Gasteiger partial charge on any atom is 0.00936 e. The molecule has 4 rings (SSSR count). The smallest absolute Gasteiger partial charge is 0.00936 e. The van der Waals surface area contributed by atoms with Crippen molar-refractivity contribution in [3.8, 4) is 0 Å². The van der Waals surface area contributed by atoms with Gasteiger partial charge >= 0.3 is 0 Å². The van der Waals surface area contributed by atoms with Crippen LogP contribution < -0.4 is 0 Å². The van der Waals surface area contributed by atoms with Gasteiger partial charge in [0.05, 0.1) is 0 Å². The lowest BCUT2D eigenvalue weighted by Crippen LogP contribution is -2.49. The topological polar surface area (TPSA) is 0 Å². The molecule has 23 heavy (non-hydrogen) atoms. The van der Waals surface area contributed by atoms with Gasteiger partial charge in [0.1, 0.15) is 0 Å². The van der Waals surface area contributed by atoms with Crippen LogP contribution in [0.3, 0.4) is 0 Å². The van der Waals surface area contributed by atoms with Gasteiger partial charge in [-0.25, -0.2) is 0 Å². The molecule has 2 saturated carbocycles. The summed E-state index contributed by atoms with van der Waals surface area (Å²) in [5.41, 5.74) is 2.81.